The van der Waals surface area contributed by atoms with Crippen LogP contribution in [0.3, 0.4) is 0 Å². The Balaban J connectivity index is 2.00. The lowest BCUT2D eigenvalue weighted by atomic mass is 10.1. The summed E-state index contributed by atoms with van der Waals surface area (Å²) in [7, 11) is -3.90. The number of anilines is 1. The maximum atomic E-state index is 13.8. The summed E-state index contributed by atoms with van der Waals surface area (Å²) in [4.78, 5) is 28.4. The summed E-state index contributed by atoms with van der Waals surface area (Å²) in [5, 5.41) is 3.58. The highest BCUT2D eigenvalue weighted by Crippen LogP contribution is 2.35. The number of nitrogens with one attached hydrogen (secondary N) is 1. The Kier molecular flexibility index (Phi) is 10.1. The number of amides is 2. The van der Waals surface area contributed by atoms with Crippen molar-refractivity contribution in [3.63, 3.8) is 0 Å². The van der Waals surface area contributed by atoms with Gasteiger partial charge in [0.2, 0.25) is 21.8 Å². The maximum Gasteiger partial charge on any atom is 0.244 e. The van der Waals surface area contributed by atoms with Crippen LogP contribution >= 0.6 is 23.2 Å². The number of halogens is 2. The molecular formula is C26H33Cl2N3O6S. The summed E-state index contributed by atoms with van der Waals surface area (Å²) in [5.41, 5.74) is 0.696. The number of carbonyl (C=O) groups is 2. The van der Waals surface area contributed by atoms with Crippen LogP contribution in [0.4, 0.5) is 5.69 Å². The van der Waals surface area contributed by atoms with Crippen LogP contribution in [0, 0.1) is 0 Å². The first kappa shape index (κ1) is 29.9. The van der Waals surface area contributed by atoms with E-state index >= 15 is 0 Å². The highest BCUT2D eigenvalue weighted by molar-refractivity contribution is 7.92. The van der Waals surface area contributed by atoms with Crippen molar-refractivity contribution in [2.75, 3.05) is 30.3 Å². The van der Waals surface area contributed by atoms with Gasteiger partial charge in [-0.3, -0.25) is 13.9 Å². The van der Waals surface area contributed by atoms with Crippen LogP contribution in [-0.2, 0) is 26.2 Å². The number of sulfonamides is 1. The molecule has 2 atom stereocenters. The Bertz CT molecular complexity index is 1250. The van der Waals surface area contributed by atoms with Crippen LogP contribution in [0.5, 0.6) is 11.5 Å². The zero-order valence-electron chi connectivity index (χ0n) is 21.9. The van der Waals surface area contributed by atoms with Gasteiger partial charge in [0.1, 0.15) is 25.8 Å². The number of benzene rings is 2. The van der Waals surface area contributed by atoms with E-state index in [0.29, 0.717) is 53.2 Å². The normalized spacial score (nSPS) is 14.4. The fraction of sp³-hybridized carbons (Fsp3) is 0.462. The average Bonchev–Trinajstić information content (AvgIpc) is 2.87. The van der Waals surface area contributed by atoms with E-state index in [-0.39, 0.29) is 24.2 Å². The number of hydrogen-bond acceptors (Lipinski definition) is 6. The van der Waals surface area contributed by atoms with Crippen molar-refractivity contribution >= 4 is 50.7 Å². The predicted molar refractivity (Wildman–Crippen MR) is 149 cm³/mol. The Morgan fingerprint density at radius 2 is 1.66 bits per heavy atom. The van der Waals surface area contributed by atoms with Gasteiger partial charge < -0.3 is 19.7 Å². The molecule has 2 aromatic rings. The molecule has 0 saturated heterocycles. The molecule has 0 saturated carbocycles. The Morgan fingerprint density at radius 3 is 2.24 bits per heavy atom. The molecule has 0 bridgehead atoms. The molecule has 2 amide bonds. The van der Waals surface area contributed by atoms with Gasteiger partial charge in [0.25, 0.3) is 0 Å². The van der Waals surface area contributed by atoms with Crippen molar-refractivity contribution in [1.29, 1.82) is 0 Å². The van der Waals surface area contributed by atoms with E-state index in [1.807, 2.05) is 13.8 Å². The molecular weight excluding hydrogens is 553 g/mol. The first-order valence-electron chi connectivity index (χ1n) is 12.4. The standard InChI is InChI=1S/C26H33Cl2N3O6S/c1-5-17(3)29-26(33)22(6-2)30(15-19-20(27)8-7-9-21(19)28)25(32)16-31(38(4,34)35)18-10-11-23-24(14-18)37-13-12-36-23/h7-11,14,17,22H,5-6,12-13,15-16H2,1-4H3,(H,29,33). The van der Waals surface area contributed by atoms with Gasteiger partial charge in [0.15, 0.2) is 11.5 Å². The molecule has 3 rings (SSSR count). The van der Waals surface area contributed by atoms with Gasteiger partial charge >= 0.3 is 0 Å². The zero-order chi connectivity index (χ0) is 28.0. The first-order valence-corrected chi connectivity index (χ1v) is 15.0. The van der Waals surface area contributed by atoms with Crippen molar-refractivity contribution < 1.29 is 27.5 Å². The minimum atomic E-state index is -3.90. The highest BCUT2D eigenvalue weighted by atomic mass is 35.5. The van der Waals surface area contributed by atoms with Crippen molar-refractivity contribution in [3.05, 3.63) is 52.0 Å². The van der Waals surface area contributed by atoms with Gasteiger partial charge in [0.05, 0.1) is 11.9 Å². The monoisotopic (exact) mass is 585 g/mol. The van der Waals surface area contributed by atoms with Gasteiger partial charge in [-0.2, -0.15) is 0 Å². The molecule has 0 radical (unpaired) electrons. The van der Waals surface area contributed by atoms with E-state index in [2.05, 4.69) is 5.32 Å². The van der Waals surface area contributed by atoms with E-state index in [1.165, 1.54) is 11.0 Å². The van der Waals surface area contributed by atoms with Crippen molar-refractivity contribution in [2.24, 2.45) is 0 Å². The number of carbonyl (C=O) groups excluding carboxylic acids is 2. The lowest BCUT2D eigenvalue weighted by Crippen LogP contribution is -2.53. The number of nitrogens with zero attached hydrogens (tertiary/aromatic N) is 2. The number of ether oxygens (including phenoxy) is 2. The largest absolute Gasteiger partial charge is 0.486 e. The third-order valence-corrected chi connectivity index (χ3v) is 8.12. The van der Waals surface area contributed by atoms with Crippen molar-refractivity contribution in [1.82, 2.24) is 10.2 Å². The quantitative estimate of drug-likeness (QED) is 0.422. The smallest absolute Gasteiger partial charge is 0.244 e. The molecule has 9 nitrogen and oxygen atoms in total. The molecule has 38 heavy (non-hydrogen) atoms. The maximum absolute atomic E-state index is 13.8. The average molecular weight is 587 g/mol. The van der Waals surface area contributed by atoms with Gasteiger partial charge in [0, 0.05) is 34.3 Å². The zero-order valence-corrected chi connectivity index (χ0v) is 24.2. The van der Waals surface area contributed by atoms with E-state index in [9.17, 15) is 18.0 Å². The molecule has 1 aliphatic rings. The van der Waals surface area contributed by atoms with E-state index in [1.54, 1.807) is 37.3 Å². The molecule has 2 aromatic carbocycles. The summed E-state index contributed by atoms with van der Waals surface area (Å²) < 4.78 is 37.8. The minimum Gasteiger partial charge on any atom is -0.486 e. The fourth-order valence-electron chi connectivity index (χ4n) is 4.02. The summed E-state index contributed by atoms with van der Waals surface area (Å²) >= 11 is 12.8. The lowest BCUT2D eigenvalue weighted by Gasteiger charge is -2.34. The number of rotatable bonds is 11. The summed E-state index contributed by atoms with van der Waals surface area (Å²) in [6.45, 7) is 5.67. The molecule has 208 valence electrons. The van der Waals surface area contributed by atoms with Crippen LogP contribution < -0.4 is 19.1 Å². The van der Waals surface area contributed by atoms with Crippen LogP contribution in [0.25, 0.3) is 0 Å². The second-order valence-electron chi connectivity index (χ2n) is 9.06. The summed E-state index contributed by atoms with van der Waals surface area (Å²) in [6.07, 6.45) is 2.01. The van der Waals surface area contributed by atoms with Crippen LogP contribution in [0.2, 0.25) is 10.0 Å². The van der Waals surface area contributed by atoms with Gasteiger partial charge in [-0.15, -0.1) is 0 Å². The SMILES string of the molecule is CCC(C)NC(=O)C(CC)N(Cc1c(Cl)cccc1Cl)C(=O)CN(c1ccc2c(c1)OCCO2)S(C)(=O)=O. The topological polar surface area (TPSA) is 105 Å². The predicted octanol–water partition coefficient (Wildman–Crippen LogP) is 4.25. The molecule has 0 spiro atoms. The van der Waals surface area contributed by atoms with E-state index in [4.69, 9.17) is 32.7 Å². The van der Waals surface area contributed by atoms with E-state index in [0.717, 1.165) is 10.6 Å². The van der Waals surface area contributed by atoms with Crippen molar-refractivity contribution in [2.45, 2.75) is 52.2 Å². The Labute approximate surface area is 234 Å². The third kappa shape index (κ3) is 7.24. The molecule has 12 heteroatoms. The van der Waals surface area contributed by atoms with Gasteiger partial charge in [-0.25, -0.2) is 8.42 Å². The summed E-state index contributed by atoms with van der Waals surface area (Å²) in [6, 6.07) is 8.64. The van der Waals surface area contributed by atoms with Crippen LogP contribution in [0.1, 0.15) is 39.2 Å². The third-order valence-electron chi connectivity index (χ3n) is 6.27. The fourth-order valence-corrected chi connectivity index (χ4v) is 5.37. The molecule has 1 aliphatic heterocycles. The Morgan fingerprint density at radius 1 is 1.03 bits per heavy atom. The minimum absolute atomic E-state index is 0.0808. The number of fused-ring (bicyclic) bond motifs is 1. The molecule has 2 unspecified atom stereocenters. The van der Waals surface area contributed by atoms with Gasteiger partial charge in [-0.05, 0) is 44.0 Å². The molecule has 0 aromatic heterocycles. The first-order chi connectivity index (χ1) is 18.0. The van der Waals surface area contributed by atoms with E-state index < -0.39 is 28.5 Å². The number of hydrogen-bond donors (Lipinski definition) is 1. The highest BCUT2D eigenvalue weighted by Gasteiger charge is 2.33. The van der Waals surface area contributed by atoms with Crippen LogP contribution in [-0.4, -0.2) is 63.2 Å². The molecule has 0 fully saturated rings. The lowest BCUT2D eigenvalue weighted by molar-refractivity contribution is -0.140. The molecule has 1 N–H and O–H groups in total. The van der Waals surface area contributed by atoms with Gasteiger partial charge in [-0.1, -0.05) is 43.1 Å². The second kappa shape index (κ2) is 12.9. The summed E-state index contributed by atoms with van der Waals surface area (Å²) in [5.74, 6) is -0.0625. The molecule has 0 aliphatic carbocycles. The second-order valence-corrected chi connectivity index (χ2v) is 11.8. The molecule has 1 heterocycles. The van der Waals surface area contributed by atoms with Crippen molar-refractivity contribution in [3.8, 4) is 11.5 Å². The Hall–Kier alpha value is -2.69. The van der Waals surface area contributed by atoms with Crippen LogP contribution in [0.15, 0.2) is 36.4 Å².